The van der Waals surface area contributed by atoms with Gasteiger partial charge in [-0.15, -0.1) is 11.8 Å². The second kappa shape index (κ2) is 4.64. The minimum Gasteiger partial charge on any atom is -0.495 e. The van der Waals surface area contributed by atoms with Crippen molar-refractivity contribution in [2.24, 2.45) is 0 Å². The van der Waals surface area contributed by atoms with Gasteiger partial charge in [-0.3, -0.25) is 0 Å². The number of ether oxygens (including phenoxy) is 1. The van der Waals surface area contributed by atoms with E-state index in [1.54, 1.807) is 7.11 Å². The molecule has 3 nitrogen and oxygen atoms in total. The number of aryl methyl sites for hydroxylation is 1. The first-order valence-corrected chi connectivity index (χ1v) is 6.36. The summed E-state index contributed by atoms with van der Waals surface area (Å²) >= 11 is 1.45. The highest BCUT2D eigenvalue weighted by molar-refractivity contribution is 7.98. The van der Waals surface area contributed by atoms with E-state index in [1.807, 2.05) is 31.4 Å². The topological polar surface area (TPSA) is 45.9 Å². The van der Waals surface area contributed by atoms with Gasteiger partial charge in [0.1, 0.15) is 22.4 Å². The van der Waals surface area contributed by atoms with Gasteiger partial charge >= 0.3 is 0 Å². The fourth-order valence-corrected chi connectivity index (χ4v) is 2.32. The van der Waals surface area contributed by atoms with Crippen molar-refractivity contribution >= 4 is 22.7 Å². The van der Waals surface area contributed by atoms with Crippen LogP contribution >= 0.6 is 11.8 Å². The number of rotatable bonds is 2. The number of fused-ring (bicyclic) bond motifs is 1. The molecule has 0 aliphatic rings. The summed E-state index contributed by atoms with van der Waals surface area (Å²) in [6.45, 7) is 2.01. The van der Waals surface area contributed by atoms with E-state index in [2.05, 4.69) is 11.1 Å². The van der Waals surface area contributed by atoms with E-state index in [9.17, 15) is 5.26 Å². The molecule has 86 valence electrons. The van der Waals surface area contributed by atoms with Crippen LogP contribution in [-0.2, 0) is 0 Å². The number of nitrogens with zero attached hydrogens (tertiary/aromatic N) is 2. The lowest BCUT2D eigenvalue weighted by atomic mass is 10.1. The molecule has 0 saturated heterocycles. The van der Waals surface area contributed by atoms with Crippen LogP contribution in [0.1, 0.15) is 11.1 Å². The number of benzene rings is 1. The highest BCUT2D eigenvalue weighted by Crippen LogP contribution is 2.34. The summed E-state index contributed by atoms with van der Waals surface area (Å²) < 4.78 is 5.37. The molecule has 0 atom stereocenters. The van der Waals surface area contributed by atoms with Crippen LogP contribution in [0, 0.1) is 18.3 Å². The van der Waals surface area contributed by atoms with E-state index in [1.165, 1.54) is 11.8 Å². The molecule has 0 aliphatic carbocycles. The number of hydrogen-bond donors (Lipinski definition) is 0. The first-order chi connectivity index (χ1) is 8.21. The van der Waals surface area contributed by atoms with Gasteiger partial charge in [-0.25, -0.2) is 4.98 Å². The number of thioether (sulfide) groups is 1. The smallest absolute Gasteiger partial charge is 0.148 e. The third-order valence-corrected chi connectivity index (χ3v) is 3.25. The average molecular weight is 244 g/mol. The SMILES string of the molecule is COc1c(C#N)c(SC)nc2ccc(C)cc12. The van der Waals surface area contributed by atoms with Crippen molar-refractivity contribution in [3.63, 3.8) is 0 Å². The number of aromatic nitrogens is 1. The molecule has 0 N–H and O–H groups in total. The molecular weight excluding hydrogens is 232 g/mol. The Morgan fingerprint density at radius 3 is 2.76 bits per heavy atom. The molecule has 0 fully saturated rings. The highest BCUT2D eigenvalue weighted by Gasteiger charge is 2.14. The van der Waals surface area contributed by atoms with Gasteiger partial charge < -0.3 is 4.74 Å². The molecule has 1 aromatic heterocycles. The van der Waals surface area contributed by atoms with Crippen LogP contribution in [0.3, 0.4) is 0 Å². The van der Waals surface area contributed by atoms with E-state index in [4.69, 9.17) is 4.74 Å². The quantitative estimate of drug-likeness (QED) is 0.761. The van der Waals surface area contributed by atoms with Crippen LogP contribution in [0.5, 0.6) is 5.75 Å². The zero-order valence-electron chi connectivity index (χ0n) is 9.94. The molecule has 0 spiro atoms. The third-order valence-electron chi connectivity index (χ3n) is 2.57. The lowest BCUT2D eigenvalue weighted by Gasteiger charge is -2.10. The molecule has 0 unspecified atom stereocenters. The fraction of sp³-hybridized carbons (Fsp3) is 0.231. The lowest BCUT2D eigenvalue weighted by molar-refractivity contribution is 0.416. The molecule has 0 bridgehead atoms. The van der Waals surface area contributed by atoms with E-state index < -0.39 is 0 Å². The van der Waals surface area contributed by atoms with Crippen molar-refractivity contribution in [3.05, 3.63) is 29.3 Å². The van der Waals surface area contributed by atoms with Crippen LogP contribution < -0.4 is 4.74 Å². The Balaban J connectivity index is 2.90. The zero-order valence-corrected chi connectivity index (χ0v) is 10.8. The van der Waals surface area contributed by atoms with E-state index in [-0.39, 0.29) is 0 Å². The largest absolute Gasteiger partial charge is 0.495 e. The van der Waals surface area contributed by atoms with Gasteiger partial charge in [0, 0.05) is 5.39 Å². The maximum absolute atomic E-state index is 9.21. The Morgan fingerprint density at radius 1 is 1.41 bits per heavy atom. The van der Waals surface area contributed by atoms with Crippen LogP contribution in [0.4, 0.5) is 0 Å². The van der Waals surface area contributed by atoms with Crippen molar-refractivity contribution < 1.29 is 4.74 Å². The van der Waals surface area contributed by atoms with Gasteiger partial charge in [0.25, 0.3) is 0 Å². The molecule has 0 aliphatic heterocycles. The van der Waals surface area contributed by atoms with Crippen molar-refractivity contribution in [2.45, 2.75) is 11.9 Å². The van der Waals surface area contributed by atoms with Gasteiger partial charge in [-0.1, -0.05) is 11.6 Å². The minimum atomic E-state index is 0.512. The molecule has 2 rings (SSSR count). The number of hydrogen-bond acceptors (Lipinski definition) is 4. The second-order valence-electron chi connectivity index (χ2n) is 3.66. The molecular formula is C13H12N2OS. The highest BCUT2D eigenvalue weighted by atomic mass is 32.2. The summed E-state index contributed by atoms with van der Waals surface area (Å²) in [4.78, 5) is 4.47. The minimum absolute atomic E-state index is 0.512. The van der Waals surface area contributed by atoms with Crippen LogP contribution in [-0.4, -0.2) is 18.3 Å². The molecule has 1 heterocycles. The molecule has 1 aromatic carbocycles. The average Bonchev–Trinajstić information content (AvgIpc) is 2.36. The fourth-order valence-electron chi connectivity index (χ4n) is 1.78. The van der Waals surface area contributed by atoms with Gasteiger partial charge in [-0.2, -0.15) is 5.26 Å². The third kappa shape index (κ3) is 1.94. The van der Waals surface area contributed by atoms with Crippen molar-refractivity contribution in [1.29, 1.82) is 5.26 Å². The Morgan fingerprint density at radius 2 is 2.18 bits per heavy atom. The number of nitriles is 1. The summed E-state index contributed by atoms with van der Waals surface area (Å²) in [7, 11) is 1.59. The van der Waals surface area contributed by atoms with Crippen LogP contribution in [0.25, 0.3) is 10.9 Å². The Labute approximate surface area is 104 Å². The molecule has 0 radical (unpaired) electrons. The molecule has 2 aromatic rings. The molecule has 17 heavy (non-hydrogen) atoms. The van der Waals surface area contributed by atoms with E-state index in [0.29, 0.717) is 16.3 Å². The predicted octanol–water partition coefficient (Wildman–Crippen LogP) is 3.15. The van der Waals surface area contributed by atoms with Gasteiger partial charge in [0.15, 0.2) is 0 Å². The second-order valence-corrected chi connectivity index (χ2v) is 4.46. The number of methoxy groups -OCH3 is 1. The first-order valence-electron chi connectivity index (χ1n) is 5.13. The standard InChI is InChI=1S/C13H12N2OS/c1-8-4-5-11-9(6-8)12(16-2)10(7-14)13(15-11)17-3/h4-6H,1-3H3. The van der Waals surface area contributed by atoms with E-state index in [0.717, 1.165) is 16.5 Å². The maximum atomic E-state index is 9.21. The Kier molecular flexibility index (Phi) is 3.21. The van der Waals surface area contributed by atoms with E-state index >= 15 is 0 Å². The van der Waals surface area contributed by atoms with Gasteiger partial charge in [0.2, 0.25) is 0 Å². The summed E-state index contributed by atoms with van der Waals surface area (Å²) in [5, 5.41) is 10.8. The van der Waals surface area contributed by atoms with Gasteiger partial charge in [-0.05, 0) is 25.3 Å². The zero-order chi connectivity index (χ0) is 12.4. The summed E-state index contributed by atoms with van der Waals surface area (Å²) in [6.07, 6.45) is 1.91. The Hall–Kier alpha value is -1.73. The van der Waals surface area contributed by atoms with Crippen LogP contribution in [0.15, 0.2) is 23.2 Å². The maximum Gasteiger partial charge on any atom is 0.148 e. The summed E-state index contributed by atoms with van der Waals surface area (Å²) in [6, 6.07) is 8.12. The molecule has 0 amide bonds. The normalized spacial score (nSPS) is 10.2. The lowest BCUT2D eigenvalue weighted by Crippen LogP contribution is -1.96. The van der Waals surface area contributed by atoms with Gasteiger partial charge in [0.05, 0.1) is 12.6 Å². The molecule has 4 heteroatoms. The monoisotopic (exact) mass is 244 g/mol. The summed E-state index contributed by atoms with van der Waals surface area (Å²) in [5.41, 5.74) is 2.49. The first kappa shape index (κ1) is 11.7. The predicted molar refractivity (Wildman–Crippen MR) is 69.5 cm³/mol. The Bertz CT molecular complexity index is 617. The number of pyridine rings is 1. The molecule has 0 saturated carbocycles. The van der Waals surface area contributed by atoms with Crippen molar-refractivity contribution in [2.75, 3.05) is 13.4 Å². The van der Waals surface area contributed by atoms with Crippen molar-refractivity contribution in [1.82, 2.24) is 4.98 Å². The van der Waals surface area contributed by atoms with Crippen molar-refractivity contribution in [3.8, 4) is 11.8 Å². The van der Waals surface area contributed by atoms with Crippen LogP contribution in [0.2, 0.25) is 0 Å². The summed E-state index contributed by atoms with van der Waals surface area (Å²) in [5.74, 6) is 0.616.